The Bertz CT molecular complexity index is 1620. The molecule has 7 rings (SSSR count). The minimum absolute atomic E-state index is 0.225. The number of rotatable bonds is 6. The maximum absolute atomic E-state index is 13.6. The van der Waals surface area contributed by atoms with E-state index < -0.39 is 5.41 Å². The first-order valence-electron chi connectivity index (χ1n) is 12.6. The van der Waals surface area contributed by atoms with Crippen LogP contribution in [0.2, 0.25) is 0 Å². The quantitative estimate of drug-likeness (QED) is 0.279. The molecule has 5 aromatic rings. The fraction of sp³-hybridized carbons (Fsp3) is 0.276. The molecular weight excluding hydrogens is 514 g/mol. The number of carbonyl (C=O) groups is 1. The standard InChI is InChI=1S/C29H26BrN5O/c30-23-6-3-7-25-26(23)33-28(35(25)17-29(12-13-31-16-29)27(36)18-8-9-18)22-5-2-1-4-21(22)19-10-11-20-15-32-34-24(20)14-19/h1-7,10-11,14-15,18,31H,8-9,12-13,16-17H2,(H,32,34)/t29-/m0/s1. The molecule has 1 saturated heterocycles. The van der Waals surface area contributed by atoms with Crippen LogP contribution < -0.4 is 5.32 Å². The summed E-state index contributed by atoms with van der Waals surface area (Å²) in [6, 6.07) is 21.0. The number of imidazole rings is 1. The summed E-state index contributed by atoms with van der Waals surface area (Å²) >= 11 is 3.73. The van der Waals surface area contributed by atoms with Crippen molar-refractivity contribution in [2.24, 2.45) is 11.3 Å². The normalized spacial score (nSPS) is 19.9. The second-order valence-corrected chi connectivity index (χ2v) is 11.0. The molecule has 0 bridgehead atoms. The molecule has 0 unspecified atom stereocenters. The highest BCUT2D eigenvalue weighted by Gasteiger charge is 2.48. The van der Waals surface area contributed by atoms with E-state index >= 15 is 0 Å². The summed E-state index contributed by atoms with van der Waals surface area (Å²) in [5.41, 5.74) is 5.85. The van der Waals surface area contributed by atoms with E-state index in [1.807, 2.05) is 12.3 Å². The zero-order chi connectivity index (χ0) is 24.3. The lowest BCUT2D eigenvalue weighted by Crippen LogP contribution is -2.39. The van der Waals surface area contributed by atoms with Gasteiger partial charge in [-0.15, -0.1) is 0 Å². The van der Waals surface area contributed by atoms with Gasteiger partial charge in [0, 0.05) is 34.4 Å². The second kappa shape index (κ2) is 8.39. The Morgan fingerprint density at radius 1 is 1.08 bits per heavy atom. The van der Waals surface area contributed by atoms with Gasteiger partial charge in [0.05, 0.1) is 22.6 Å². The Kier molecular flexibility index (Phi) is 5.11. The average molecular weight is 540 g/mol. The number of hydrogen-bond acceptors (Lipinski definition) is 4. The number of para-hydroxylation sites is 1. The number of hydrogen-bond donors (Lipinski definition) is 2. The first-order chi connectivity index (χ1) is 17.6. The van der Waals surface area contributed by atoms with Crippen LogP contribution in [0, 0.1) is 11.3 Å². The molecule has 3 aromatic carbocycles. The summed E-state index contributed by atoms with van der Waals surface area (Å²) in [6.07, 6.45) is 4.77. The van der Waals surface area contributed by atoms with Gasteiger partial charge in [-0.1, -0.05) is 42.5 Å². The summed E-state index contributed by atoms with van der Waals surface area (Å²) in [5, 5.41) is 11.8. The number of halogens is 1. The molecule has 0 radical (unpaired) electrons. The van der Waals surface area contributed by atoms with Crippen LogP contribution in [0.1, 0.15) is 19.3 Å². The third-order valence-corrected chi connectivity index (χ3v) is 8.47. The number of nitrogens with zero attached hydrogens (tertiary/aromatic N) is 3. The van der Waals surface area contributed by atoms with Gasteiger partial charge in [-0.2, -0.15) is 5.10 Å². The van der Waals surface area contributed by atoms with Crippen molar-refractivity contribution in [1.29, 1.82) is 0 Å². The van der Waals surface area contributed by atoms with E-state index in [4.69, 9.17) is 4.98 Å². The van der Waals surface area contributed by atoms with Gasteiger partial charge >= 0.3 is 0 Å². The lowest BCUT2D eigenvalue weighted by Gasteiger charge is -2.28. The largest absolute Gasteiger partial charge is 0.323 e. The van der Waals surface area contributed by atoms with Crippen molar-refractivity contribution < 1.29 is 4.79 Å². The number of aromatic amines is 1. The molecule has 2 N–H and O–H groups in total. The van der Waals surface area contributed by atoms with Crippen LogP contribution in [-0.4, -0.2) is 38.6 Å². The maximum Gasteiger partial charge on any atom is 0.145 e. The molecule has 36 heavy (non-hydrogen) atoms. The van der Waals surface area contributed by atoms with Crippen LogP contribution in [0.3, 0.4) is 0 Å². The zero-order valence-electron chi connectivity index (χ0n) is 19.8. The Morgan fingerprint density at radius 2 is 1.94 bits per heavy atom. The molecule has 3 heterocycles. The van der Waals surface area contributed by atoms with Crippen LogP contribution in [-0.2, 0) is 11.3 Å². The second-order valence-electron chi connectivity index (χ2n) is 10.2. The Labute approximate surface area is 217 Å². The van der Waals surface area contributed by atoms with Crippen molar-refractivity contribution >= 4 is 43.6 Å². The molecule has 7 heteroatoms. The predicted molar refractivity (Wildman–Crippen MR) is 146 cm³/mol. The minimum Gasteiger partial charge on any atom is -0.323 e. The van der Waals surface area contributed by atoms with E-state index in [-0.39, 0.29) is 5.92 Å². The average Bonchev–Trinajstić information content (AvgIpc) is 3.29. The van der Waals surface area contributed by atoms with Crippen molar-refractivity contribution in [2.45, 2.75) is 25.8 Å². The smallest absolute Gasteiger partial charge is 0.145 e. The molecule has 1 aliphatic heterocycles. The van der Waals surface area contributed by atoms with Gasteiger partial charge in [0.15, 0.2) is 0 Å². The molecule has 0 amide bonds. The summed E-state index contributed by atoms with van der Waals surface area (Å²) < 4.78 is 3.25. The molecule has 1 saturated carbocycles. The van der Waals surface area contributed by atoms with E-state index in [1.54, 1.807) is 0 Å². The molecular formula is C29H26BrN5O. The van der Waals surface area contributed by atoms with Crippen LogP contribution in [0.5, 0.6) is 0 Å². The van der Waals surface area contributed by atoms with Gasteiger partial charge < -0.3 is 9.88 Å². The predicted octanol–water partition coefficient (Wildman–Crippen LogP) is 5.97. The number of nitrogens with one attached hydrogen (secondary N) is 2. The van der Waals surface area contributed by atoms with Crippen LogP contribution in [0.25, 0.3) is 44.5 Å². The number of fused-ring (bicyclic) bond motifs is 2. The molecule has 2 aliphatic rings. The molecule has 1 aliphatic carbocycles. The SMILES string of the molecule is O=C(C1CC1)[C@@]1(Cn2c(-c3ccccc3-c3ccc4cn[nH]c4c3)nc3c(Br)cccc32)CCNC1. The highest BCUT2D eigenvalue weighted by molar-refractivity contribution is 9.10. The monoisotopic (exact) mass is 539 g/mol. The van der Waals surface area contributed by atoms with Crippen LogP contribution in [0.4, 0.5) is 0 Å². The number of aromatic nitrogens is 4. The van der Waals surface area contributed by atoms with E-state index in [0.29, 0.717) is 12.3 Å². The topological polar surface area (TPSA) is 75.6 Å². The van der Waals surface area contributed by atoms with Gasteiger partial charge in [0.25, 0.3) is 0 Å². The molecule has 0 spiro atoms. The highest BCUT2D eigenvalue weighted by Crippen LogP contribution is 2.43. The van der Waals surface area contributed by atoms with E-state index in [2.05, 4.69) is 90.6 Å². The lowest BCUT2D eigenvalue weighted by atomic mass is 9.80. The van der Waals surface area contributed by atoms with Gasteiger partial charge in [-0.25, -0.2) is 4.98 Å². The molecule has 2 aromatic heterocycles. The number of Topliss-reactive ketones (excluding diaryl/α,β-unsaturated/α-hetero) is 1. The molecule has 2 fully saturated rings. The fourth-order valence-corrected chi connectivity index (χ4v) is 6.21. The number of ketones is 1. The minimum atomic E-state index is -0.393. The zero-order valence-corrected chi connectivity index (χ0v) is 21.4. The van der Waals surface area contributed by atoms with Crippen molar-refractivity contribution in [3.05, 3.63) is 71.3 Å². The third-order valence-electron chi connectivity index (χ3n) is 7.83. The van der Waals surface area contributed by atoms with Crippen LogP contribution in [0.15, 0.2) is 71.3 Å². The van der Waals surface area contributed by atoms with Gasteiger partial charge in [0.2, 0.25) is 0 Å². The van der Waals surface area contributed by atoms with Crippen molar-refractivity contribution in [1.82, 2.24) is 25.1 Å². The lowest BCUT2D eigenvalue weighted by molar-refractivity contribution is -0.129. The van der Waals surface area contributed by atoms with E-state index in [0.717, 1.165) is 81.3 Å². The molecule has 1 atom stereocenters. The van der Waals surface area contributed by atoms with Gasteiger partial charge in [-0.05, 0) is 71.1 Å². The highest BCUT2D eigenvalue weighted by atomic mass is 79.9. The number of H-pyrrole nitrogens is 1. The molecule has 180 valence electrons. The Morgan fingerprint density at radius 3 is 2.75 bits per heavy atom. The van der Waals surface area contributed by atoms with Gasteiger partial charge in [0.1, 0.15) is 17.1 Å². The summed E-state index contributed by atoms with van der Waals surface area (Å²) in [5.74, 6) is 1.55. The van der Waals surface area contributed by atoms with Crippen LogP contribution >= 0.6 is 15.9 Å². The molecule has 6 nitrogen and oxygen atoms in total. The van der Waals surface area contributed by atoms with Gasteiger partial charge in [-0.3, -0.25) is 9.89 Å². The summed E-state index contributed by atoms with van der Waals surface area (Å²) in [4.78, 5) is 18.8. The Hall–Kier alpha value is -3.29. The maximum atomic E-state index is 13.6. The summed E-state index contributed by atoms with van der Waals surface area (Å²) in [7, 11) is 0. The van der Waals surface area contributed by atoms with Crippen molar-refractivity contribution in [2.75, 3.05) is 13.1 Å². The van der Waals surface area contributed by atoms with Crippen molar-refractivity contribution in [3.8, 4) is 22.5 Å². The number of benzene rings is 3. The summed E-state index contributed by atoms with van der Waals surface area (Å²) in [6.45, 7) is 2.24. The number of carbonyl (C=O) groups excluding carboxylic acids is 1. The first kappa shape index (κ1) is 21.9. The van der Waals surface area contributed by atoms with E-state index in [9.17, 15) is 4.79 Å². The van der Waals surface area contributed by atoms with Crippen molar-refractivity contribution in [3.63, 3.8) is 0 Å². The van der Waals surface area contributed by atoms with E-state index in [1.165, 1.54) is 0 Å². The first-order valence-corrected chi connectivity index (χ1v) is 13.3. The third kappa shape index (κ3) is 3.52. The fourth-order valence-electron chi connectivity index (χ4n) is 5.76. The Balaban J connectivity index is 1.43.